The molecule has 5 rings (SSSR count). The molecule has 0 spiro atoms. The van der Waals surface area contributed by atoms with Crippen molar-refractivity contribution in [1.29, 1.82) is 0 Å². The molecule has 2 amide bonds. The number of nitrogens with zero attached hydrogens (tertiary/aromatic N) is 5. The number of aromatic nitrogens is 4. The van der Waals surface area contributed by atoms with Crippen LogP contribution < -0.4 is 5.32 Å². The van der Waals surface area contributed by atoms with Crippen LogP contribution in [0.5, 0.6) is 0 Å². The zero-order valence-electron chi connectivity index (χ0n) is 17.3. The molecular formula is C22H30N6O. The Morgan fingerprint density at radius 2 is 1.97 bits per heavy atom. The van der Waals surface area contributed by atoms with Gasteiger partial charge in [-0.05, 0) is 43.7 Å². The Kier molecular flexibility index (Phi) is 4.68. The van der Waals surface area contributed by atoms with Crippen molar-refractivity contribution >= 4 is 17.3 Å². The van der Waals surface area contributed by atoms with E-state index in [-0.39, 0.29) is 18.1 Å². The Bertz CT molecular complexity index is 935. The van der Waals surface area contributed by atoms with E-state index < -0.39 is 0 Å². The maximum Gasteiger partial charge on any atom is 0.322 e. The average Bonchev–Trinajstić information content (AvgIpc) is 3.38. The molecule has 7 heteroatoms. The van der Waals surface area contributed by atoms with E-state index in [1.54, 1.807) is 0 Å². The Balaban J connectivity index is 1.35. The number of carbonyl (C=O) groups excluding carboxylic acids is 1. The number of hydrogen-bond donors (Lipinski definition) is 1. The number of nitrogens with one attached hydrogen (secondary N) is 1. The van der Waals surface area contributed by atoms with Gasteiger partial charge in [0.05, 0.1) is 23.1 Å². The summed E-state index contributed by atoms with van der Waals surface area (Å²) < 4.78 is 3.76. The summed E-state index contributed by atoms with van der Waals surface area (Å²) in [7, 11) is 3.92. The maximum absolute atomic E-state index is 13.3. The zero-order valence-corrected chi connectivity index (χ0v) is 17.3. The SMILES string of the molecule is Cn1cc(NC(=O)N2[C@@H]3CC[C@@H]2C=C(c2ccnn2C)C3)c(C2CCCCC2)n1. The van der Waals surface area contributed by atoms with Crippen molar-refractivity contribution in [3.63, 3.8) is 0 Å². The molecule has 2 fully saturated rings. The number of urea groups is 1. The minimum absolute atomic E-state index is 0.0165. The highest BCUT2D eigenvalue weighted by Crippen LogP contribution is 2.40. The van der Waals surface area contributed by atoms with Crippen LogP contribution in [0.15, 0.2) is 24.5 Å². The van der Waals surface area contributed by atoms with Gasteiger partial charge in [0.2, 0.25) is 0 Å². The largest absolute Gasteiger partial charge is 0.322 e. The van der Waals surface area contributed by atoms with E-state index in [9.17, 15) is 4.79 Å². The number of carbonyl (C=O) groups is 1. The summed E-state index contributed by atoms with van der Waals surface area (Å²) in [5.41, 5.74) is 4.43. The summed E-state index contributed by atoms with van der Waals surface area (Å²) in [4.78, 5) is 15.3. The van der Waals surface area contributed by atoms with Crippen LogP contribution in [0.2, 0.25) is 0 Å². The van der Waals surface area contributed by atoms with Gasteiger partial charge < -0.3 is 10.2 Å². The highest BCUT2D eigenvalue weighted by atomic mass is 16.2. The highest BCUT2D eigenvalue weighted by molar-refractivity contribution is 5.91. The van der Waals surface area contributed by atoms with Gasteiger partial charge in [0.15, 0.2) is 0 Å². The van der Waals surface area contributed by atoms with Crippen LogP contribution in [0.3, 0.4) is 0 Å². The molecule has 2 atom stereocenters. The van der Waals surface area contributed by atoms with Crippen LogP contribution in [-0.2, 0) is 14.1 Å². The monoisotopic (exact) mass is 394 g/mol. The highest BCUT2D eigenvalue weighted by Gasteiger charge is 2.40. The second-order valence-electron chi connectivity index (χ2n) is 8.81. The molecule has 2 bridgehead atoms. The number of hydrogen-bond acceptors (Lipinski definition) is 3. The topological polar surface area (TPSA) is 68.0 Å². The van der Waals surface area contributed by atoms with Crippen LogP contribution in [0.1, 0.15) is 68.7 Å². The first-order valence-electron chi connectivity index (χ1n) is 10.9. The van der Waals surface area contributed by atoms with Crippen molar-refractivity contribution in [3.05, 3.63) is 35.9 Å². The zero-order chi connectivity index (χ0) is 20.0. The Labute approximate surface area is 171 Å². The summed E-state index contributed by atoms with van der Waals surface area (Å²) >= 11 is 0. The van der Waals surface area contributed by atoms with Crippen LogP contribution in [0, 0.1) is 0 Å². The van der Waals surface area contributed by atoms with Crippen molar-refractivity contribution in [3.8, 4) is 0 Å². The second-order valence-corrected chi connectivity index (χ2v) is 8.81. The lowest BCUT2D eigenvalue weighted by atomic mass is 9.86. The van der Waals surface area contributed by atoms with Crippen molar-refractivity contribution < 1.29 is 4.79 Å². The normalized spacial score (nSPS) is 24.6. The van der Waals surface area contributed by atoms with Gasteiger partial charge in [-0.15, -0.1) is 0 Å². The average molecular weight is 395 g/mol. The van der Waals surface area contributed by atoms with Crippen molar-refractivity contribution in [1.82, 2.24) is 24.5 Å². The number of aryl methyl sites for hydroxylation is 2. The first kappa shape index (κ1) is 18.5. The molecule has 29 heavy (non-hydrogen) atoms. The van der Waals surface area contributed by atoms with Gasteiger partial charge in [-0.1, -0.05) is 25.3 Å². The molecule has 0 aromatic carbocycles. The molecule has 0 radical (unpaired) electrons. The van der Waals surface area contributed by atoms with E-state index >= 15 is 0 Å². The lowest BCUT2D eigenvalue weighted by Crippen LogP contribution is -2.45. The molecule has 2 aromatic heterocycles. The number of fused-ring (bicyclic) bond motifs is 2. The third-order valence-corrected chi connectivity index (χ3v) is 6.87. The molecule has 1 saturated carbocycles. The summed E-state index contributed by atoms with van der Waals surface area (Å²) in [6.07, 6.45) is 15.2. The third-order valence-electron chi connectivity index (χ3n) is 6.87. The Hall–Kier alpha value is -2.57. The summed E-state index contributed by atoms with van der Waals surface area (Å²) in [6, 6.07) is 2.49. The summed E-state index contributed by atoms with van der Waals surface area (Å²) in [6.45, 7) is 0. The van der Waals surface area contributed by atoms with E-state index in [1.165, 1.54) is 37.7 Å². The lowest BCUT2D eigenvalue weighted by molar-refractivity contribution is 0.193. The molecule has 4 heterocycles. The van der Waals surface area contributed by atoms with Crippen molar-refractivity contribution in [2.75, 3.05) is 5.32 Å². The fraction of sp³-hybridized carbons (Fsp3) is 0.591. The van der Waals surface area contributed by atoms with Gasteiger partial charge in [0, 0.05) is 38.4 Å². The van der Waals surface area contributed by atoms with E-state index in [2.05, 4.69) is 27.5 Å². The smallest absolute Gasteiger partial charge is 0.315 e. The minimum atomic E-state index is 0.0165. The standard InChI is InChI=1S/C22H30N6O/c1-26-14-19(21(25-26)15-6-4-3-5-7-15)24-22(29)28-17-8-9-18(28)13-16(12-17)20-10-11-23-27(20)2/h10-12,14-15,17-18H,3-9,13H2,1-2H3,(H,24,29)/t17-,18-/m1/s1. The fourth-order valence-electron chi connectivity index (χ4n) is 5.48. The molecular weight excluding hydrogens is 364 g/mol. The van der Waals surface area contributed by atoms with Crippen molar-refractivity contribution in [2.45, 2.75) is 69.4 Å². The minimum Gasteiger partial charge on any atom is -0.315 e. The van der Waals surface area contributed by atoms with E-state index in [0.29, 0.717) is 5.92 Å². The molecule has 1 aliphatic carbocycles. The van der Waals surface area contributed by atoms with Gasteiger partial charge in [-0.25, -0.2) is 4.79 Å². The number of amides is 2. The molecule has 1 saturated heterocycles. The quantitative estimate of drug-likeness (QED) is 0.854. The van der Waals surface area contributed by atoms with E-state index in [4.69, 9.17) is 5.10 Å². The lowest BCUT2D eigenvalue weighted by Gasteiger charge is -2.34. The van der Waals surface area contributed by atoms with Gasteiger partial charge in [-0.3, -0.25) is 9.36 Å². The van der Waals surface area contributed by atoms with Crippen LogP contribution in [0.4, 0.5) is 10.5 Å². The molecule has 2 aromatic rings. The Morgan fingerprint density at radius 3 is 2.69 bits per heavy atom. The summed E-state index contributed by atoms with van der Waals surface area (Å²) in [5, 5.41) is 12.2. The molecule has 1 N–H and O–H groups in total. The molecule has 3 aliphatic rings. The van der Waals surface area contributed by atoms with Gasteiger partial charge in [0.1, 0.15) is 0 Å². The second kappa shape index (κ2) is 7.35. The van der Waals surface area contributed by atoms with Crippen LogP contribution in [0.25, 0.3) is 5.57 Å². The molecule has 0 unspecified atom stereocenters. The molecule has 2 aliphatic heterocycles. The Morgan fingerprint density at radius 1 is 1.14 bits per heavy atom. The molecule has 7 nitrogen and oxygen atoms in total. The number of rotatable bonds is 3. The van der Waals surface area contributed by atoms with Gasteiger partial charge in [-0.2, -0.15) is 10.2 Å². The first-order chi connectivity index (χ1) is 14.1. The van der Waals surface area contributed by atoms with Crippen LogP contribution >= 0.6 is 0 Å². The predicted molar refractivity (Wildman–Crippen MR) is 113 cm³/mol. The fourth-order valence-corrected chi connectivity index (χ4v) is 5.48. The van der Waals surface area contributed by atoms with Crippen molar-refractivity contribution in [2.24, 2.45) is 14.1 Å². The molecule has 154 valence electrons. The van der Waals surface area contributed by atoms with Gasteiger partial charge >= 0.3 is 6.03 Å². The summed E-state index contributed by atoms with van der Waals surface area (Å²) in [5.74, 6) is 0.467. The first-order valence-corrected chi connectivity index (χ1v) is 10.9. The van der Waals surface area contributed by atoms with E-state index in [1.807, 2.05) is 35.9 Å². The van der Waals surface area contributed by atoms with Gasteiger partial charge in [0.25, 0.3) is 0 Å². The predicted octanol–water partition coefficient (Wildman–Crippen LogP) is 4.05. The van der Waals surface area contributed by atoms with E-state index in [0.717, 1.165) is 36.3 Å². The number of anilines is 1. The maximum atomic E-state index is 13.3. The van der Waals surface area contributed by atoms with Crippen LogP contribution in [-0.4, -0.2) is 42.6 Å². The third kappa shape index (κ3) is 3.36.